The molecule has 104 valence electrons. The Kier molecular flexibility index (Phi) is 3.55. The largest absolute Gasteiger partial charge is 0.497 e. The molecule has 4 nitrogen and oxygen atoms in total. The lowest BCUT2D eigenvalue weighted by molar-refractivity contribution is 0.415. The number of nitrogens with one attached hydrogen (secondary N) is 1. The molecule has 5 heteroatoms. The summed E-state index contributed by atoms with van der Waals surface area (Å²) in [6.45, 7) is 1.94. The fourth-order valence-electron chi connectivity index (χ4n) is 2.08. The van der Waals surface area contributed by atoms with E-state index in [2.05, 4.69) is 16.0 Å². The van der Waals surface area contributed by atoms with E-state index in [4.69, 9.17) is 10.00 Å². The van der Waals surface area contributed by atoms with Gasteiger partial charge in [0.2, 0.25) is 0 Å². The van der Waals surface area contributed by atoms with Crippen LogP contribution in [0.3, 0.4) is 0 Å². The maximum atomic E-state index is 8.96. The second kappa shape index (κ2) is 5.51. The molecule has 0 aliphatic rings. The van der Waals surface area contributed by atoms with Crippen LogP contribution in [-0.4, -0.2) is 17.1 Å². The summed E-state index contributed by atoms with van der Waals surface area (Å²) in [6.07, 6.45) is 0. The number of methoxy groups -OCH3 is 1. The number of H-pyrrole nitrogens is 1. The Morgan fingerprint density at radius 2 is 2.10 bits per heavy atom. The van der Waals surface area contributed by atoms with E-state index in [1.165, 1.54) is 0 Å². The molecule has 1 N–H and O–H groups in total. The van der Waals surface area contributed by atoms with Gasteiger partial charge in [0.1, 0.15) is 5.75 Å². The van der Waals surface area contributed by atoms with E-state index in [-0.39, 0.29) is 0 Å². The van der Waals surface area contributed by atoms with Crippen molar-refractivity contribution in [3.8, 4) is 11.8 Å². The molecule has 0 fully saturated rings. The highest BCUT2D eigenvalue weighted by Crippen LogP contribution is 2.29. The molecule has 0 bridgehead atoms. The summed E-state index contributed by atoms with van der Waals surface area (Å²) in [5.41, 5.74) is 3.53. The van der Waals surface area contributed by atoms with Crippen molar-refractivity contribution in [2.75, 3.05) is 7.11 Å². The van der Waals surface area contributed by atoms with E-state index in [1.54, 1.807) is 18.9 Å². The average Bonchev–Trinajstić information content (AvgIpc) is 2.88. The molecule has 3 aromatic rings. The monoisotopic (exact) mass is 295 g/mol. The zero-order chi connectivity index (χ0) is 14.8. The van der Waals surface area contributed by atoms with Crippen molar-refractivity contribution in [2.24, 2.45) is 0 Å². The molecular weight excluding hydrogens is 282 g/mol. The maximum Gasteiger partial charge on any atom is 0.171 e. The number of imidazole rings is 1. The third-order valence-corrected chi connectivity index (χ3v) is 4.08. The van der Waals surface area contributed by atoms with Gasteiger partial charge < -0.3 is 9.72 Å². The van der Waals surface area contributed by atoms with Crippen molar-refractivity contribution < 1.29 is 4.74 Å². The van der Waals surface area contributed by atoms with E-state index in [0.717, 1.165) is 32.4 Å². The molecule has 2 aromatic carbocycles. The highest BCUT2D eigenvalue weighted by molar-refractivity contribution is 7.99. The standard InChI is InChI=1S/C16H13N3OS/c1-10-7-13(5-3-11(10)9-17)21-16-18-14-6-4-12(20-2)8-15(14)19-16/h3-8H,1-2H3,(H,18,19). The molecule has 0 saturated carbocycles. The molecule has 0 radical (unpaired) electrons. The van der Waals surface area contributed by atoms with E-state index >= 15 is 0 Å². The number of aryl methyl sites for hydroxylation is 1. The summed E-state index contributed by atoms with van der Waals surface area (Å²) in [7, 11) is 1.65. The Morgan fingerprint density at radius 1 is 1.24 bits per heavy atom. The number of hydrogen-bond acceptors (Lipinski definition) is 4. The number of rotatable bonds is 3. The summed E-state index contributed by atoms with van der Waals surface area (Å²) in [5, 5.41) is 9.78. The van der Waals surface area contributed by atoms with E-state index in [9.17, 15) is 0 Å². The van der Waals surface area contributed by atoms with Crippen LogP contribution >= 0.6 is 11.8 Å². The van der Waals surface area contributed by atoms with Gasteiger partial charge in [-0.25, -0.2) is 4.98 Å². The molecule has 1 heterocycles. The lowest BCUT2D eigenvalue weighted by atomic mass is 10.1. The SMILES string of the molecule is COc1ccc2nc(Sc3ccc(C#N)c(C)c3)[nH]c2c1. The Labute approximate surface area is 126 Å². The summed E-state index contributed by atoms with van der Waals surface area (Å²) >= 11 is 1.54. The molecule has 0 atom stereocenters. The number of hydrogen-bond donors (Lipinski definition) is 1. The first kappa shape index (κ1) is 13.5. The van der Waals surface area contributed by atoms with Crippen LogP contribution in [0.5, 0.6) is 5.75 Å². The molecule has 21 heavy (non-hydrogen) atoms. The summed E-state index contributed by atoms with van der Waals surface area (Å²) < 4.78 is 5.21. The van der Waals surface area contributed by atoms with Crippen LogP contribution in [0.15, 0.2) is 46.5 Å². The Balaban J connectivity index is 1.91. The number of fused-ring (bicyclic) bond motifs is 1. The van der Waals surface area contributed by atoms with Crippen molar-refractivity contribution in [1.82, 2.24) is 9.97 Å². The van der Waals surface area contributed by atoms with Crippen LogP contribution in [0.2, 0.25) is 0 Å². The van der Waals surface area contributed by atoms with Crippen molar-refractivity contribution in [3.63, 3.8) is 0 Å². The van der Waals surface area contributed by atoms with Crippen LogP contribution in [0, 0.1) is 18.3 Å². The van der Waals surface area contributed by atoms with Gasteiger partial charge in [0.25, 0.3) is 0 Å². The topological polar surface area (TPSA) is 61.7 Å². The third kappa shape index (κ3) is 2.71. The first-order valence-corrected chi connectivity index (χ1v) is 7.23. The van der Waals surface area contributed by atoms with Gasteiger partial charge in [-0.1, -0.05) is 11.8 Å². The number of aromatic amines is 1. The van der Waals surface area contributed by atoms with Gasteiger partial charge in [-0.05, 0) is 42.8 Å². The molecule has 0 spiro atoms. The summed E-state index contributed by atoms with van der Waals surface area (Å²) in [6, 6.07) is 13.7. The van der Waals surface area contributed by atoms with Crippen LogP contribution in [-0.2, 0) is 0 Å². The quantitative estimate of drug-likeness (QED) is 0.796. The van der Waals surface area contributed by atoms with Crippen molar-refractivity contribution in [1.29, 1.82) is 5.26 Å². The highest BCUT2D eigenvalue weighted by Gasteiger charge is 2.07. The number of nitriles is 1. The van der Waals surface area contributed by atoms with Crippen LogP contribution in [0.4, 0.5) is 0 Å². The van der Waals surface area contributed by atoms with Crippen molar-refractivity contribution in [3.05, 3.63) is 47.5 Å². The van der Waals surface area contributed by atoms with Crippen molar-refractivity contribution in [2.45, 2.75) is 17.0 Å². The van der Waals surface area contributed by atoms with Gasteiger partial charge in [0.05, 0.1) is 29.8 Å². The summed E-state index contributed by atoms with van der Waals surface area (Å²) in [4.78, 5) is 8.87. The van der Waals surface area contributed by atoms with E-state index in [1.807, 2.05) is 43.3 Å². The highest BCUT2D eigenvalue weighted by atomic mass is 32.2. The first-order valence-electron chi connectivity index (χ1n) is 6.42. The molecular formula is C16H13N3OS. The predicted octanol–water partition coefficient (Wildman–Crippen LogP) is 3.90. The van der Waals surface area contributed by atoms with Gasteiger partial charge in [-0.15, -0.1) is 0 Å². The molecule has 0 aliphatic carbocycles. The Bertz CT molecular complexity index is 848. The maximum absolute atomic E-state index is 8.96. The number of ether oxygens (including phenoxy) is 1. The van der Waals surface area contributed by atoms with Crippen LogP contribution in [0.25, 0.3) is 11.0 Å². The van der Waals surface area contributed by atoms with E-state index < -0.39 is 0 Å². The molecule has 3 rings (SSSR count). The molecule has 0 saturated heterocycles. The minimum absolute atomic E-state index is 0.702. The van der Waals surface area contributed by atoms with Gasteiger partial charge in [0, 0.05) is 11.0 Å². The van der Waals surface area contributed by atoms with Crippen molar-refractivity contribution >= 4 is 22.8 Å². The molecule has 0 unspecified atom stereocenters. The average molecular weight is 295 g/mol. The fraction of sp³-hybridized carbons (Fsp3) is 0.125. The van der Waals surface area contributed by atoms with E-state index in [0.29, 0.717) is 5.56 Å². The lowest BCUT2D eigenvalue weighted by Gasteiger charge is -2.01. The molecule has 0 amide bonds. The second-order valence-corrected chi connectivity index (χ2v) is 5.68. The zero-order valence-corrected chi connectivity index (χ0v) is 12.5. The third-order valence-electron chi connectivity index (χ3n) is 3.20. The predicted molar refractivity (Wildman–Crippen MR) is 82.7 cm³/mol. The minimum atomic E-state index is 0.702. The smallest absolute Gasteiger partial charge is 0.171 e. The van der Waals surface area contributed by atoms with Gasteiger partial charge in [-0.2, -0.15) is 5.26 Å². The minimum Gasteiger partial charge on any atom is -0.497 e. The van der Waals surface area contributed by atoms with Crippen LogP contribution < -0.4 is 4.74 Å². The van der Waals surface area contributed by atoms with Gasteiger partial charge >= 0.3 is 0 Å². The first-order chi connectivity index (χ1) is 10.2. The van der Waals surface area contributed by atoms with Gasteiger partial charge in [-0.3, -0.25) is 0 Å². The summed E-state index contributed by atoms with van der Waals surface area (Å²) in [5.74, 6) is 0.803. The lowest BCUT2D eigenvalue weighted by Crippen LogP contribution is -1.83. The number of aromatic nitrogens is 2. The van der Waals surface area contributed by atoms with Crippen LogP contribution in [0.1, 0.15) is 11.1 Å². The normalized spacial score (nSPS) is 10.5. The molecule has 1 aromatic heterocycles. The Hall–Kier alpha value is -2.45. The Morgan fingerprint density at radius 3 is 2.81 bits per heavy atom. The zero-order valence-electron chi connectivity index (χ0n) is 11.7. The second-order valence-electron chi connectivity index (χ2n) is 4.62. The molecule has 0 aliphatic heterocycles. The number of benzene rings is 2. The van der Waals surface area contributed by atoms with Gasteiger partial charge in [0.15, 0.2) is 5.16 Å². The fourth-order valence-corrected chi connectivity index (χ4v) is 2.98. The number of nitrogens with zero attached hydrogens (tertiary/aromatic N) is 2.